The fraction of sp³-hybridized carbons (Fsp3) is 0.235. The van der Waals surface area contributed by atoms with Crippen LogP contribution >= 0.6 is 0 Å². The molecule has 0 unspecified atom stereocenters. The van der Waals surface area contributed by atoms with Crippen molar-refractivity contribution in [3.8, 4) is 0 Å². The third-order valence-electron chi connectivity index (χ3n) is 3.01. The van der Waals surface area contributed by atoms with Gasteiger partial charge in [-0.25, -0.2) is 0 Å². The minimum Gasteiger partial charge on any atom is -0.354 e. The highest BCUT2D eigenvalue weighted by Gasteiger charge is 2.06. The number of benzene rings is 1. The maximum absolute atomic E-state index is 12.0. The average molecular weight is 312 g/mol. The zero-order valence-corrected chi connectivity index (χ0v) is 13.2. The van der Waals surface area contributed by atoms with Crippen molar-refractivity contribution in [2.24, 2.45) is 0 Å². The van der Waals surface area contributed by atoms with E-state index >= 15 is 0 Å². The summed E-state index contributed by atoms with van der Waals surface area (Å²) in [5.74, 6) is -0.270. The first kappa shape index (κ1) is 16.5. The number of hydrogen-bond acceptors (Lipinski definition) is 4. The molecular weight excluding hydrogens is 292 g/mol. The first-order chi connectivity index (χ1) is 11.1. The number of carbonyl (C=O) groups is 2. The van der Waals surface area contributed by atoms with Crippen LogP contribution in [0.1, 0.15) is 30.6 Å². The van der Waals surface area contributed by atoms with Crippen LogP contribution in [0.5, 0.6) is 0 Å². The van der Waals surface area contributed by atoms with Crippen molar-refractivity contribution in [3.63, 3.8) is 0 Å². The van der Waals surface area contributed by atoms with Crippen LogP contribution in [0.15, 0.2) is 42.7 Å². The fourth-order valence-electron chi connectivity index (χ4n) is 2.02. The van der Waals surface area contributed by atoms with Crippen LogP contribution in [-0.2, 0) is 4.79 Å². The Bertz CT molecular complexity index is 700. The van der Waals surface area contributed by atoms with Crippen LogP contribution < -0.4 is 16.0 Å². The molecule has 120 valence electrons. The summed E-state index contributed by atoms with van der Waals surface area (Å²) in [6.07, 6.45) is 4.05. The lowest BCUT2D eigenvalue weighted by Crippen LogP contribution is -2.24. The Morgan fingerprint density at radius 3 is 2.61 bits per heavy atom. The van der Waals surface area contributed by atoms with Crippen LogP contribution in [0, 0.1) is 0 Å². The third-order valence-corrected chi connectivity index (χ3v) is 3.01. The van der Waals surface area contributed by atoms with Gasteiger partial charge in [0.2, 0.25) is 5.91 Å². The molecule has 0 saturated carbocycles. The Labute approximate surface area is 135 Å². The van der Waals surface area contributed by atoms with Crippen LogP contribution in [0.3, 0.4) is 0 Å². The normalized spacial score (nSPS) is 10.0. The van der Waals surface area contributed by atoms with Crippen molar-refractivity contribution >= 4 is 28.9 Å². The molecule has 0 aliphatic rings. The van der Waals surface area contributed by atoms with Gasteiger partial charge in [-0.05, 0) is 30.7 Å². The summed E-state index contributed by atoms with van der Waals surface area (Å²) in [4.78, 5) is 27.1. The topological polar surface area (TPSA) is 83.1 Å². The molecule has 0 atom stereocenters. The quantitative estimate of drug-likeness (QED) is 0.766. The zero-order chi connectivity index (χ0) is 16.7. The summed E-state index contributed by atoms with van der Waals surface area (Å²) in [6, 6.07) is 9.06. The molecule has 0 saturated heterocycles. The second kappa shape index (κ2) is 7.93. The number of nitrogens with one attached hydrogen (secondary N) is 3. The largest absolute Gasteiger partial charge is 0.354 e. The van der Waals surface area contributed by atoms with Gasteiger partial charge in [0.25, 0.3) is 5.91 Å². The summed E-state index contributed by atoms with van der Waals surface area (Å²) in [6.45, 7) is 4.09. The third kappa shape index (κ3) is 5.10. The van der Waals surface area contributed by atoms with Gasteiger partial charge in [0.15, 0.2) is 0 Å². The molecule has 1 aromatic carbocycles. The van der Waals surface area contributed by atoms with E-state index in [2.05, 4.69) is 20.9 Å². The number of amides is 2. The highest BCUT2D eigenvalue weighted by molar-refractivity contribution is 5.95. The number of hydrogen-bond donors (Lipinski definition) is 3. The molecule has 1 aromatic heterocycles. The predicted octanol–water partition coefficient (Wildman–Crippen LogP) is 2.92. The van der Waals surface area contributed by atoms with Crippen LogP contribution in [0.2, 0.25) is 0 Å². The Balaban J connectivity index is 2.11. The standard InChI is InChI=1S/C17H20N4O2/c1-3-7-19-17(23)13-8-16(11-18-10-13)21-15-6-4-5-14(9-15)20-12(2)22/h4-6,8-11,21H,3,7H2,1-2H3,(H,19,23)(H,20,22). The summed E-state index contributed by atoms with van der Waals surface area (Å²) in [5, 5.41) is 8.72. The predicted molar refractivity (Wildman–Crippen MR) is 90.9 cm³/mol. The van der Waals surface area contributed by atoms with E-state index in [4.69, 9.17) is 0 Å². The fourth-order valence-corrected chi connectivity index (χ4v) is 2.02. The van der Waals surface area contributed by atoms with Gasteiger partial charge < -0.3 is 16.0 Å². The first-order valence-corrected chi connectivity index (χ1v) is 7.46. The molecule has 2 amide bonds. The van der Waals surface area contributed by atoms with Gasteiger partial charge in [0.05, 0.1) is 17.4 Å². The van der Waals surface area contributed by atoms with E-state index in [9.17, 15) is 9.59 Å². The summed E-state index contributed by atoms with van der Waals surface area (Å²) < 4.78 is 0. The van der Waals surface area contributed by atoms with Crippen LogP contribution in [-0.4, -0.2) is 23.3 Å². The van der Waals surface area contributed by atoms with E-state index in [-0.39, 0.29) is 11.8 Å². The molecule has 3 N–H and O–H groups in total. The van der Waals surface area contributed by atoms with Crippen LogP contribution in [0.4, 0.5) is 17.1 Å². The van der Waals surface area contributed by atoms with E-state index in [0.717, 1.165) is 12.1 Å². The van der Waals surface area contributed by atoms with Crippen molar-refractivity contribution in [2.45, 2.75) is 20.3 Å². The highest BCUT2D eigenvalue weighted by Crippen LogP contribution is 2.20. The van der Waals surface area contributed by atoms with E-state index in [1.54, 1.807) is 18.3 Å². The molecule has 1 heterocycles. The van der Waals surface area contributed by atoms with Crippen molar-refractivity contribution in [2.75, 3.05) is 17.2 Å². The second-order valence-electron chi connectivity index (χ2n) is 5.11. The second-order valence-corrected chi connectivity index (χ2v) is 5.11. The molecule has 6 nitrogen and oxygen atoms in total. The smallest absolute Gasteiger partial charge is 0.252 e. The summed E-state index contributed by atoms with van der Waals surface area (Å²) in [5.41, 5.74) is 2.70. The number of pyridine rings is 1. The molecule has 6 heteroatoms. The lowest BCUT2D eigenvalue weighted by atomic mass is 10.2. The number of carbonyl (C=O) groups excluding carboxylic acids is 2. The number of nitrogens with zero attached hydrogens (tertiary/aromatic N) is 1. The first-order valence-electron chi connectivity index (χ1n) is 7.46. The molecule has 0 radical (unpaired) electrons. The highest BCUT2D eigenvalue weighted by atomic mass is 16.2. The Morgan fingerprint density at radius 2 is 1.87 bits per heavy atom. The molecule has 23 heavy (non-hydrogen) atoms. The molecule has 2 aromatic rings. The van der Waals surface area contributed by atoms with Crippen LogP contribution in [0.25, 0.3) is 0 Å². The summed E-state index contributed by atoms with van der Waals surface area (Å²) >= 11 is 0. The van der Waals surface area contributed by atoms with Gasteiger partial charge in [-0.2, -0.15) is 0 Å². The SMILES string of the molecule is CCCNC(=O)c1cncc(Nc2cccc(NC(C)=O)c2)c1. The van der Waals surface area contributed by atoms with Gasteiger partial charge in [0, 0.05) is 31.0 Å². The van der Waals surface area contributed by atoms with E-state index < -0.39 is 0 Å². The van der Waals surface area contributed by atoms with Crippen molar-refractivity contribution < 1.29 is 9.59 Å². The number of rotatable bonds is 6. The Hall–Kier alpha value is -2.89. The molecular formula is C17H20N4O2. The van der Waals surface area contributed by atoms with E-state index in [0.29, 0.717) is 23.5 Å². The van der Waals surface area contributed by atoms with Crippen molar-refractivity contribution in [1.82, 2.24) is 10.3 Å². The maximum Gasteiger partial charge on any atom is 0.252 e. The lowest BCUT2D eigenvalue weighted by Gasteiger charge is -2.10. The van der Waals surface area contributed by atoms with Gasteiger partial charge in [0.1, 0.15) is 0 Å². The zero-order valence-electron chi connectivity index (χ0n) is 13.2. The van der Waals surface area contributed by atoms with E-state index in [1.165, 1.54) is 13.1 Å². The molecule has 0 spiro atoms. The lowest BCUT2D eigenvalue weighted by molar-refractivity contribution is -0.114. The molecule has 2 rings (SSSR count). The van der Waals surface area contributed by atoms with Gasteiger partial charge >= 0.3 is 0 Å². The average Bonchev–Trinajstić information content (AvgIpc) is 2.52. The molecule has 0 bridgehead atoms. The molecule has 0 aliphatic carbocycles. The molecule has 0 fully saturated rings. The Morgan fingerprint density at radius 1 is 1.09 bits per heavy atom. The monoisotopic (exact) mass is 312 g/mol. The van der Waals surface area contributed by atoms with E-state index in [1.807, 2.05) is 25.1 Å². The molecule has 0 aliphatic heterocycles. The minimum atomic E-state index is -0.144. The van der Waals surface area contributed by atoms with Gasteiger partial charge in [-0.3, -0.25) is 14.6 Å². The van der Waals surface area contributed by atoms with Gasteiger partial charge in [-0.1, -0.05) is 13.0 Å². The number of anilines is 3. The van der Waals surface area contributed by atoms with Crippen molar-refractivity contribution in [3.05, 3.63) is 48.3 Å². The minimum absolute atomic E-state index is 0.126. The Kier molecular flexibility index (Phi) is 5.68. The summed E-state index contributed by atoms with van der Waals surface area (Å²) in [7, 11) is 0. The van der Waals surface area contributed by atoms with Gasteiger partial charge in [-0.15, -0.1) is 0 Å². The maximum atomic E-state index is 12.0. The number of aromatic nitrogens is 1. The van der Waals surface area contributed by atoms with Crippen molar-refractivity contribution in [1.29, 1.82) is 0 Å².